The Morgan fingerprint density at radius 1 is 0.490 bits per heavy atom. The summed E-state index contributed by atoms with van der Waals surface area (Å²) in [6.45, 7) is 0. The van der Waals surface area contributed by atoms with Crippen molar-refractivity contribution in [1.29, 1.82) is 15.8 Å². The molecule has 13 aliphatic rings. The number of benzene rings is 3. The van der Waals surface area contributed by atoms with Gasteiger partial charge in [-0.15, -0.1) is 12.4 Å². The molecule has 21 rings (SSSR count). The normalized spacial score (nSPS) is 21.9. The fourth-order valence-electron chi connectivity index (χ4n) is 22.0. The Balaban J connectivity index is 0.000000164. The standard InChI is InChI=1S/C31H26ClF3N6O3.C25H24ClF3N4O3.C8H11F2NO.C8H9F2N.C7H5ClO.C7H11F2N.C6H3ClN2.C5H5FN2.C5H7NO3.ClH/c32-23-4-2-1-3-22(23)27(28(43)39-20-11-30(12-20)16-31(34,35)17-30)40(21-10-19(33)14-37-15-21)29(44)24-5-6-26(42)41(24)25-9-18(13-36)7-8-38-25;26-18-4-2-1-3-17(18)21(22(35)31-15-8-24(9-15)12-25(28,29)13-24)33(16-7-14(27)10-30-11-16)23(36)19-5-6-20(34)32-19;9-8(10)3-7(4-8)1-6(2-7)11-5-12;9-8(10)4-7(5-8)1-6(2-7)3-11;8-7-4-2-1-3-6(7)5-9;8-7(9)3-6(4-7)1-5(10)2-6;7-6-3-5(4-8)1-2-9-6;6-4-1-5(7)3-8-2-4;7-4-2-1-3(6-4)5(8)9;/h1-4,7-10,14-15,20,24,27H,5-6,11-12,16-17H2,(H,39,43);1-4,7,10-11,15,19,21H,5-6,8-9,12-13H2,(H,31,35)(H,32,34);5-6H,1-4H2,(H,11,12);6H,1-2,4-5H2;1-5H;5H,1-4,10H2;1-3H;1-3H,7H2;3H,1-2H2,(H,6,7)(H,8,9);1H/t24-,27-;19-,21?;;;;;;;3-;/m00......0./s1. The zero-order valence-electron chi connectivity index (χ0n) is 79.3. The highest BCUT2D eigenvalue weighted by Crippen LogP contribution is 2.67. The van der Waals surface area contributed by atoms with E-state index >= 15 is 0 Å². The molecule has 8 aromatic rings. The second-order valence-corrected chi connectivity index (χ2v) is 41.7. The number of amides is 8. The van der Waals surface area contributed by atoms with Gasteiger partial charge in [0.25, 0.3) is 11.8 Å². The number of hydrogen-bond acceptors (Lipinski definition) is 20. The largest absolute Gasteiger partial charge is 0.480 e. The van der Waals surface area contributed by atoms with Crippen LogP contribution < -0.4 is 52.8 Å². The summed E-state index contributed by atoms with van der Waals surface area (Å²) in [7, 11) is 0. The topological polar surface area (TPSA) is 449 Å². The van der Waals surface area contributed by atoms with Gasteiger partial charge in [-0.25, -0.2) is 71.8 Å². The van der Waals surface area contributed by atoms with E-state index in [0.717, 1.165) is 72.5 Å². The number of aldehydes is 1. The Labute approximate surface area is 872 Å². The van der Waals surface area contributed by atoms with E-state index in [-0.39, 0.29) is 193 Å². The highest BCUT2D eigenvalue weighted by Gasteiger charge is 2.66. The van der Waals surface area contributed by atoms with Gasteiger partial charge in [0.2, 0.25) is 65.6 Å². The average Bonchev–Trinajstić information content (AvgIpc) is 1.38. The first-order valence-corrected chi connectivity index (χ1v) is 48.6. The second kappa shape index (κ2) is 47.5. The molecule has 1 unspecified atom stereocenters. The fourth-order valence-corrected chi connectivity index (χ4v) is 22.9. The van der Waals surface area contributed by atoms with Crippen LogP contribution >= 0.6 is 58.8 Å². The van der Waals surface area contributed by atoms with Gasteiger partial charge < -0.3 is 43.2 Å². The molecule has 10 N–H and O–H groups in total. The first-order chi connectivity index (χ1) is 69.8. The Morgan fingerprint density at radius 3 is 1.23 bits per heavy atom. The molecule has 0 radical (unpaired) electrons. The molecule has 0 bridgehead atoms. The van der Waals surface area contributed by atoms with Crippen molar-refractivity contribution in [3.8, 4) is 18.2 Å². The Bertz CT molecular complexity index is 6330. The van der Waals surface area contributed by atoms with Gasteiger partial charge in [0.05, 0.1) is 82.4 Å². The number of nitriles is 3. The van der Waals surface area contributed by atoms with Crippen molar-refractivity contribution < 1.29 is 110 Å². The molecule has 8 amide bonds. The molecule has 5 spiro atoms. The molecule has 10 aliphatic carbocycles. The van der Waals surface area contributed by atoms with Gasteiger partial charge in [-0.1, -0.05) is 101 Å². The van der Waals surface area contributed by atoms with E-state index in [9.17, 15) is 110 Å². The number of rotatable bonds is 17. The third kappa shape index (κ3) is 29.2. The number of aliphatic carboxylic acids is 1. The number of carbonyl (C=O) groups is 10. The van der Waals surface area contributed by atoms with Crippen molar-refractivity contribution in [2.45, 2.75) is 251 Å². The van der Waals surface area contributed by atoms with E-state index in [1.807, 2.05) is 12.1 Å². The zero-order valence-corrected chi connectivity index (χ0v) is 83.2. The number of carboxylic acids is 1. The minimum Gasteiger partial charge on any atom is -0.480 e. The summed E-state index contributed by atoms with van der Waals surface area (Å²) in [5.41, 5.74) is 11.6. The second-order valence-electron chi connectivity index (χ2n) is 40.1. The maximum absolute atomic E-state index is 14.6. The number of pyridine rings is 5. The quantitative estimate of drug-likeness (QED) is 0.0238. The molecule has 47 heteroatoms. The third-order valence-corrected chi connectivity index (χ3v) is 29.2. The van der Waals surface area contributed by atoms with Gasteiger partial charge in [0.15, 0.2) is 6.29 Å². The lowest BCUT2D eigenvalue weighted by atomic mass is 9.50. The molecule has 5 aromatic heterocycles. The molecule has 792 valence electrons. The summed E-state index contributed by atoms with van der Waals surface area (Å²) in [6.07, 6.45) is 17.8. The minimum absolute atomic E-state index is 0. The number of anilines is 4. The number of carboxylic acid groups (broad SMARTS) is 1. The molecule has 149 heavy (non-hydrogen) atoms. The monoisotopic (exact) mass is 2180 g/mol. The molecule has 29 nitrogen and oxygen atoms in total. The fraction of sp³-hybridized carbons (Fsp3) is 0.451. The van der Waals surface area contributed by atoms with E-state index in [1.54, 1.807) is 78.9 Å². The van der Waals surface area contributed by atoms with E-state index in [4.69, 9.17) is 73.5 Å². The van der Waals surface area contributed by atoms with Crippen LogP contribution in [0.5, 0.6) is 0 Å². The van der Waals surface area contributed by atoms with Crippen LogP contribution in [0.25, 0.3) is 0 Å². The van der Waals surface area contributed by atoms with Crippen LogP contribution in [0.3, 0.4) is 0 Å². The van der Waals surface area contributed by atoms with Gasteiger partial charge in [-0.05, 0) is 159 Å². The Morgan fingerprint density at radius 2 is 0.886 bits per heavy atom. The van der Waals surface area contributed by atoms with Crippen molar-refractivity contribution in [1.82, 2.24) is 51.5 Å². The van der Waals surface area contributed by atoms with E-state index in [2.05, 4.69) is 57.6 Å². The van der Waals surface area contributed by atoms with Crippen molar-refractivity contribution in [2.75, 3.05) is 20.4 Å². The predicted octanol–water partition coefficient (Wildman–Crippen LogP) is 18.5. The van der Waals surface area contributed by atoms with Gasteiger partial charge in [-0.2, -0.15) is 15.8 Å². The molecular weight excluding hydrogens is 2080 g/mol. The van der Waals surface area contributed by atoms with Crippen LogP contribution in [-0.2, 0) is 43.2 Å². The number of carbonyl (C=O) groups excluding carboxylic acids is 9. The lowest BCUT2D eigenvalue weighted by Gasteiger charge is -2.57. The third-order valence-electron chi connectivity index (χ3n) is 28.0. The van der Waals surface area contributed by atoms with Gasteiger partial charge in [0.1, 0.15) is 58.6 Å². The van der Waals surface area contributed by atoms with Crippen molar-refractivity contribution in [3.05, 3.63) is 230 Å². The van der Waals surface area contributed by atoms with Crippen LogP contribution in [0.4, 0.5) is 80.0 Å². The Hall–Kier alpha value is -12.9. The van der Waals surface area contributed by atoms with Crippen molar-refractivity contribution >= 4 is 142 Å². The lowest BCUT2D eigenvalue weighted by Crippen LogP contribution is -2.61. The SMILES string of the molecule is Cl.N#CC1CC2(C1)CC(F)(F)C2.N#Cc1ccnc(Cl)c1.N#Cc1ccnc(N2C(=O)CC[C@H]2C(=O)N(c2cncc(F)c2)[C@H](C(=O)NC2CC3(C2)CC(F)(F)C3)c2ccccc2Cl)c1.NC1CC2(C1)CC(F)(F)C2.Nc1cncc(F)c1.O=C1CC[C@@H](C(=O)N(c2cncc(F)c2)C(C(=O)NC2CC3(C2)CC(F)(F)C3)c2ccccc2Cl)N1.O=C1CC[C@@H](C(=O)O)N1.O=CNC1CC2(C1)CC(F)(F)C2.O=Cc1ccccc1Cl. The average molecular weight is 2180 g/mol. The van der Waals surface area contributed by atoms with Crippen molar-refractivity contribution in [3.63, 3.8) is 0 Å². The van der Waals surface area contributed by atoms with Gasteiger partial charge in [0, 0.05) is 171 Å². The van der Waals surface area contributed by atoms with E-state index in [1.165, 1.54) is 60.1 Å². The molecule has 13 fully saturated rings. The highest BCUT2D eigenvalue weighted by atomic mass is 35.5. The first kappa shape index (κ1) is 115. The highest BCUT2D eigenvalue weighted by molar-refractivity contribution is 6.33. The number of alkyl halides is 10. The first-order valence-electron chi connectivity index (χ1n) is 47.1. The predicted molar refractivity (Wildman–Crippen MR) is 521 cm³/mol. The summed E-state index contributed by atoms with van der Waals surface area (Å²) in [5, 5.41) is 49.0. The molecule has 8 heterocycles. The molecule has 5 atom stereocenters. The summed E-state index contributed by atoms with van der Waals surface area (Å²) in [6, 6.07) is 29.2. The summed E-state index contributed by atoms with van der Waals surface area (Å²) in [4.78, 5) is 144. The minimum atomic E-state index is -2.70. The van der Waals surface area contributed by atoms with E-state index in [0.29, 0.717) is 90.3 Å². The lowest BCUT2D eigenvalue weighted by molar-refractivity contribution is -0.200. The number of aromatic nitrogens is 5. The molecular formula is C102H102Cl5F13N18O11. The number of nitrogen functional groups attached to an aromatic ring is 1. The van der Waals surface area contributed by atoms with Gasteiger partial charge >= 0.3 is 5.97 Å². The number of halogens is 18. The molecule has 3 saturated heterocycles. The molecule has 3 aromatic carbocycles. The maximum atomic E-state index is 14.6. The van der Waals surface area contributed by atoms with Gasteiger partial charge in [-0.3, -0.25) is 72.8 Å². The summed E-state index contributed by atoms with van der Waals surface area (Å²) >= 11 is 24.1. The van der Waals surface area contributed by atoms with Crippen LogP contribution in [-0.4, -0.2) is 162 Å². The molecule has 10 saturated carbocycles. The summed E-state index contributed by atoms with van der Waals surface area (Å²) in [5.74, 6) is -18.7. The van der Waals surface area contributed by atoms with Crippen LogP contribution in [0.15, 0.2) is 165 Å². The maximum Gasteiger partial charge on any atom is 0.326 e. The zero-order chi connectivity index (χ0) is 107. The number of hydrogen-bond donors (Lipinski definition) is 8. The summed E-state index contributed by atoms with van der Waals surface area (Å²) < 4.78 is 169. The smallest absolute Gasteiger partial charge is 0.326 e. The van der Waals surface area contributed by atoms with E-state index < -0.39 is 130 Å². The van der Waals surface area contributed by atoms with Crippen LogP contribution in [0.2, 0.25) is 20.2 Å². The van der Waals surface area contributed by atoms with Crippen molar-refractivity contribution in [2.24, 2.45) is 38.7 Å². The molecule has 3 aliphatic heterocycles. The number of nitrogens with zero attached hydrogens (tertiary/aromatic N) is 11. The Kier molecular flexibility index (Phi) is 36.6. The number of nitrogens with two attached hydrogens (primary N) is 2. The van der Waals surface area contributed by atoms with Crippen LogP contribution in [0, 0.1) is 84.4 Å². The number of nitrogens with one attached hydrogen (secondary N) is 5. The van der Waals surface area contributed by atoms with Crippen LogP contribution in [0.1, 0.15) is 212 Å².